The standard InChI is InChI=1S/C16H24N2O2/c1-12(2)11-20-15-5-3-13(4-6-15)9-16(19)18-8-7-14(17)10-18/h3-6,12,14H,7-11,17H2,1-2H3/t14-/m1/s1. The molecule has 1 aromatic carbocycles. The molecular formula is C16H24N2O2. The fourth-order valence-corrected chi connectivity index (χ4v) is 2.27. The first-order chi connectivity index (χ1) is 9.54. The molecule has 1 amide bonds. The van der Waals surface area contributed by atoms with Gasteiger partial charge in [0, 0.05) is 19.1 Å². The number of carbonyl (C=O) groups excluding carboxylic acids is 1. The molecule has 4 heteroatoms. The maximum atomic E-state index is 12.1. The second kappa shape index (κ2) is 6.75. The highest BCUT2D eigenvalue weighted by Gasteiger charge is 2.23. The van der Waals surface area contributed by atoms with Crippen molar-refractivity contribution < 1.29 is 9.53 Å². The number of hydrogen-bond donors (Lipinski definition) is 1. The van der Waals surface area contributed by atoms with Gasteiger partial charge < -0.3 is 15.4 Å². The molecule has 0 spiro atoms. The van der Waals surface area contributed by atoms with E-state index in [2.05, 4.69) is 13.8 Å². The van der Waals surface area contributed by atoms with E-state index in [1.807, 2.05) is 29.2 Å². The van der Waals surface area contributed by atoms with Crippen LogP contribution in [0.3, 0.4) is 0 Å². The van der Waals surface area contributed by atoms with Gasteiger partial charge in [-0.25, -0.2) is 0 Å². The van der Waals surface area contributed by atoms with Gasteiger partial charge in [0.25, 0.3) is 0 Å². The lowest BCUT2D eigenvalue weighted by molar-refractivity contribution is -0.129. The highest BCUT2D eigenvalue weighted by molar-refractivity contribution is 5.79. The summed E-state index contributed by atoms with van der Waals surface area (Å²) in [5.41, 5.74) is 6.84. The van der Waals surface area contributed by atoms with E-state index in [0.717, 1.165) is 24.3 Å². The number of rotatable bonds is 5. The van der Waals surface area contributed by atoms with Gasteiger partial charge in [-0.15, -0.1) is 0 Å². The third kappa shape index (κ3) is 4.23. The lowest BCUT2D eigenvalue weighted by Crippen LogP contribution is -2.32. The summed E-state index contributed by atoms with van der Waals surface area (Å²) in [4.78, 5) is 14.0. The highest BCUT2D eigenvalue weighted by Crippen LogP contribution is 2.15. The Morgan fingerprint density at radius 3 is 2.65 bits per heavy atom. The smallest absolute Gasteiger partial charge is 0.227 e. The zero-order valence-electron chi connectivity index (χ0n) is 12.3. The summed E-state index contributed by atoms with van der Waals surface area (Å²) in [7, 11) is 0. The maximum absolute atomic E-state index is 12.1. The summed E-state index contributed by atoms with van der Waals surface area (Å²) in [5, 5.41) is 0. The van der Waals surface area contributed by atoms with Crippen LogP contribution in [0.1, 0.15) is 25.8 Å². The monoisotopic (exact) mass is 276 g/mol. The Morgan fingerprint density at radius 1 is 1.40 bits per heavy atom. The first-order valence-corrected chi connectivity index (χ1v) is 7.29. The topological polar surface area (TPSA) is 55.6 Å². The van der Waals surface area contributed by atoms with Gasteiger partial charge >= 0.3 is 0 Å². The Kier molecular flexibility index (Phi) is 5.01. The van der Waals surface area contributed by atoms with Crippen LogP contribution in [-0.4, -0.2) is 36.5 Å². The van der Waals surface area contributed by atoms with Gasteiger partial charge in [0.15, 0.2) is 0 Å². The predicted molar refractivity (Wildman–Crippen MR) is 79.7 cm³/mol. The Labute approximate surface area is 120 Å². The molecule has 1 aliphatic heterocycles. The zero-order valence-corrected chi connectivity index (χ0v) is 12.3. The maximum Gasteiger partial charge on any atom is 0.227 e. The Hall–Kier alpha value is -1.55. The van der Waals surface area contributed by atoms with Crippen molar-refractivity contribution in [3.05, 3.63) is 29.8 Å². The summed E-state index contributed by atoms with van der Waals surface area (Å²) < 4.78 is 5.63. The summed E-state index contributed by atoms with van der Waals surface area (Å²) >= 11 is 0. The summed E-state index contributed by atoms with van der Waals surface area (Å²) in [6, 6.07) is 7.93. The SMILES string of the molecule is CC(C)COc1ccc(CC(=O)N2CC[C@@H](N)C2)cc1. The fourth-order valence-electron chi connectivity index (χ4n) is 2.27. The van der Waals surface area contributed by atoms with Crippen molar-refractivity contribution in [3.8, 4) is 5.75 Å². The quantitative estimate of drug-likeness (QED) is 0.892. The molecule has 1 aliphatic rings. The molecule has 0 radical (unpaired) electrons. The van der Waals surface area contributed by atoms with E-state index in [-0.39, 0.29) is 11.9 Å². The van der Waals surface area contributed by atoms with Crippen molar-refractivity contribution in [1.82, 2.24) is 4.90 Å². The van der Waals surface area contributed by atoms with Crippen LogP contribution in [0.25, 0.3) is 0 Å². The third-order valence-electron chi connectivity index (χ3n) is 3.44. The van der Waals surface area contributed by atoms with Gasteiger partial charge in [-0.3, -0.25) is 4.79 Å². The van der Waals surface area contributed by atoms with Gasteiger partial charge in [-0.2, -0.15) is 0 Å². The average molecular weight is 276 g/mol. The van der Waals surface area contributed by atoms with Gasteiger partial charge in [0.05, 0.1) is 13.0 Å². The average Bonchev–Trinajstić information content (AvgIpc) is 2.85. The molecule has 0 bridgehead atoms. The molecule has 2 N–H and O–H groups in total. The molecule has 1 saturated heterocycles. The third-order valence-corrected chi connectivity index (χ3v) is 3.44. The Bertz CT molecular complexity index is 442. The van der Waals surface area contributed by atoms with Gasteiger partial charge in [0.2, 0.25) is 5.91 Å². The zero-order chi connectivity index (χ0) is 14.5. The molecule has 20 heavy (non-hydrogen) atoms. The van der Waals surface area contributed by atoms with Crippen molar-refractivity contribution >= 4 is 5.91 Å². The number of amides is 1. The number of carbonyl (C=O) groups is 1. The lowest BCUT2D eigenvalue weighted by Gasteiger charge is -2.16. The Morgan fingerprint density at radius 2 is 2.10 bits per heavy atom. The molecule has 1 atom stereocenters. The molecule has 0 aliphatic carbocycles. The first-order valence-electron chi connectivity index (χ1n) is 7.29. The second-order valence-electron chi connectivity index (χ2n) is 5.91. The molecule has 1 heterocycles. The van der Waals surface area contributed by atoms with E-state index in [1.165, 1.54) is 0 Å². The van der Waals surface area contributed by atoms with Crippen LogP contribution in [-0.2, 0) is 11.2 Å². The van der Waals surface area contributed by atoms with Crippen molar-refractivity contribution in [3.63, 3.8) is 0 Å². The van der Waals surface area contributed by atoms with Crippen molar-refractivity contribution in [2.75, 3.05) is 19.7 Å². The number of nitrogens with two attached hydrogens (primary N) is 1. The van der Waals surface area contributed by atoms with Crippen LogP contribution in [0.15, 0.2) is 24.3 Å². The van der Waals surface area contributed by atoms with E-state index in [4.69, 9.17) is 10.5 Å². The molecule has 1 fully saturated rings. The predicted octanol–water partition coefficient (Wildman–Crippen LogP) is 1.82. The number of ether oxygens (including phenoxy) is 1. The van der Waals surface area contributed by atoms with Gasteiger partial charge in [-0.1, -0.05) is 26.0 Å². The summed E-state index contributed by atoms with van der Waals surface area (Å²) in [5.74, 6) is 1.53. The van der Waals surface area contributed by atoms with E-state index >= 15 is 0 Å². The van der Waals surface area contributed by atoms with Crippen LogP contribution < -0.4 is 10.5 Å². The largest absolute Gasteiger partial charge is 0.493 e. The van der Waals surface area contributed by atoms with Crippen molar-refractivity contribution in [1.29, 1.82) is 0 Å². The fraction of sp³-hybridized carbons (Fsp3) is 0.562. The van der Waals surface area contributed by atoms with Crippen LogP contribution in [0.4, 0.5) is 0 Å². The van der Waals surface area contributed by atoms with Crippen molar-refractivity contribution in [2.45, 2.75) is 32.7 Å². The van der Waals surface area contributed by atoms with Gasteiger partial charge in [-0.05, 0) is 30.0 Å². The van der Waals surface area contributed by atoms with E-state index in [9.17, 15) is 4.79 Å². The molecule has 2 rings (SSSR count). The van der Waals surface area contributed by atoms with E-state index < -0.39 is 0 Å². The Balaban J connectivity index is 1.85. The summed E-state index contributed by atoms with van der Waals surface area (Å²) in [6.07, 6.45) is 1.35. The minimum absolute atomic E-state index is 0.144. The van der Waals surface area contributed by atoms with E-state index in [1.54, 1.807) is 0 Å². The molecule has 4 nitrogen and oxygen atoms in total. The highest BCUT2D eigenvalue weighted by atomic mass is 16.5. The number of benzene rings is 1. The van der Waals surface area contributed by atoms with Crippen LogP contribution >= 0.6 is 0 Å². The molecule has 0 saturated carbocycles. The number of hydrogen-bond acceptors (Lipinski definition) is 3. The van der Waals surface area contributed by atoms with Crippen LogP contribution in [0.2, 0.25) is 0 Å². The minimum atomic E-state index is 0.144. The normalized spacial score (nSPS) is 18.6. The first kappa shape index (κ1) is 14.9. The van der Waals surface area contributed by atoms with E-state index in [0.29, 0.717) is 25.5 Å². The summed E-state index contributed by atoms with van der Waals surface area (Å²) in [6.45, 7) is 6.43. The molecule has 0 aromatic heterocycles. The van der Waals surface area contributed by atoms with Gasteiger partial charge in [0.1, 0.15) is 5.75 Å². The molecule has 1 aromatic rings. The minimum Gasteiger partial charge on any atom is -0.493 e. The number of nitrogens with zero attached hydrogens (tertiary/aromatic N) is 1. The number of likely N-dealkylation sites (tertiary alicyclic amines) is 1. The van der Waals surface area contributed by atoms with Crippen molar-refractivity contribution in [2.24, 2.45) is 11.7 Å². The molecule has 0 unspecified atom stereocenters. The van der Waals surface area contributed by atoms with Crippen LogP contribution in [0.5, 0.6) is 5.75 Å². The molecule has 110 valence electrons. The lowest BCUT2D eigenvalue weighted by atomic mass is 10.1. The second-order valence-corrected chi connectivity index (χ2v) is 5.91. The van der Waals surface area contributed by atoms with Crippen LogP contribution in [0, 0.1) is 5.92 Å². The molecular weight excluding hydrogens is 252 g/mol.